The number of carbonyl (C=O) groups is 1. The van der Waals surface area contributed by atoms with Gasteiger partial charge in [-0.3, -0.25) is 14.2 Å². The second kappa shape index (κ2) is 8.57. The van der Waals surface area contributed by atoms with Gasteiger partial charge < -0.3 is 4.74 Å². The molecule has 2 heterocycles. The summed E-state index contributed by atoms with van der Waals surface area (Å²) in [5, 5.41) is 4.67. The van der Waals surface area contributed by atoms with Gasteiger partial charge in [-0.25, -0.2) is 10.4 Å². The lowest BCUT2D eigenvalue weighted by atomic mass is 9.97. The number of benzene rings is 1. The van der Waals surface area contributed by atoms with Crippen LogP contribution in [0.3, 0.4) is 0 Å². The number of carbonyl (C=O) groups excluding carboxylic acids is 1. The van der Waals surface area contributed by atoms with Crippen molar-refractivity contribution in [1.29, 1.82) is 0 Å². The number of nitrogens with one attached hydrogen (secondary N) is 1. The van der Waals surface area contributed by atoms with Gasteiger partial charge >= 0.3 is 0 Å². The Morgan fingerprint density at radius 3 is 3.03 bits per heavy atom. The first kappa shape index (κ1) is 19.3. The van der Waals surface area contributed by atoms with Crippen molar-refractivity contribution in [2.24, 2.45) is 5.10 Å². The van der Waals surface area contributed by atoms with Crippen LogP contribution in [0.2, 0.25) is 0 Å². The lowest BCUT2D eigenvalue weighted by Crippen LogP contribution is -2.30. The van der Waals surface area contributed by atoms with Crippen LogP contribution >= 0.6 is 11.3 Å². The molecule has 1 aliphatic carbocycles. The fourth-order valence-corrected chi connectivity index (χ4v) is 4.75. The number of thiophene rings is 1. The summed E-state index contributed by atoms with van der Waals surface area (Å²) in [6.07, 6.45) is 7.13. The Bertz CT molecular complexity index is 1130. The molecule has 2 aromatic heterocycles. The van der Waals surface area contributed by atoms with Crippen molar-refractivity contribution in [3.8, 4) is 5.75 Å². The summed E-state index contributed by atoms with van der Waals surface area (Å²) < 4.78 is 6.88. The third-order valence-electron chi connectivity index (χ3n) is 4.87. The molecular weight excluding hydrogens is 388 g/mol. The third-order valence-corrected chi connectivity index (χ3v) is 6.07. The maximum absolute atomic E-state index is 12.9. The molecule has 0 fully saturated rings. The van der Waals surface area contributed by atoms with Crippen molar-refractivity contribution in [2.45, 2.75) is 39.2 Å². The highest BCUT2D eigenvalue weighted by Crippen LogP contribution is 2.33. The van der Waals surface area contributed by atoms with Gasteiger partial charge in [-0.2, -0.15) is 5.10 Å². The van der Waals surface area contributed by atoms with E-state index in [0.717, 1.165) is 41.6 Å². The van der Waals surface area contributed by atoms with E-state index in [1.54, 1.807) is 11.3 Å². The molecule has 1 N–H and O–H groups in total. The topological polar surface area (TPSA) is 85.6 Å². The van der Waals surface area contributed by atoms with E-state index < -0.39 is 0 Å². The maximum Gasteiger partial charge on any atom is 0.262 e. The number of hydrogen-bond acceptors (Lipinski definition) is 6. The highest BCUT2D eigenvalue weighted by molar-refractivity contribution is 7.18. The summed E-state index contributed by atoms with van der Waals surface area (Å²) in [5.41, 5.74) is 4.20. The van der Waals surface area contributed by atoms with Gasteiger partial charge in [0.1, 0.15) is 17.1 Å². The van der Waals surface area contributed by atoms with E-state index in [0.29, 0.717) is 17.7 Å². The van der Waals surface area contributed by atoms with Crippen molar-refractivity contribution >= 4 is 33.7 Å². The Labute approximate surface area is 172 Å². The molecule has 1 aliphatic rings. The molecule has 0 atom stereocenters. The quantitative estimate of drug-likeness (QED) is 0.500. The molecular formula is C21H22N4O3S. The maximum atomic E-state index is 12.9. The van der Waals surface area contributed by atoms with Gasteiger partial charge in [-0.15, -0.1) is 11.3 Å². The van der Waals surface area contributed by atoms with Crippen LogP contribution in [0.25, 0.3) is 10.2 Å². The van der Waals surface area contributed by atoms with Crippen molar-refractivity contribution in [1.82, 2.24) is 15.0 Å². The largest absolute Gasteiger partial charge is 0.493 e. The molecule has 0 saturated heterocycles. The molecule has 0 bridgehead atoms. The van der Waals surface area contributed by atoms with Crippen molar-refractivity contribution in [3.63, 3.8) is 0 Å². The highest BCUT2D eigenvalue weighted by atomic mass is 32.1. The van der Waals surface area contributed by atoms with Crippen LogP contribution in [-0.4, -0.2) is 28.3 Å². The minimum atomic E-state index is -0.387. The van der Waals surface area contributed by atoms with E-state index in [1.807, 2.05) is 31.2 Å². The number of hydrazone groups is 1. The summed E-state index contributed by atoms with van der Waals surface area (Å²) in [4.78, 5) is 31.6. The van der Waals surface area contributed by atoms with Gasteiger partial charge in [0.05, 0.1) is 24.5 Å². The minimum absolute atomic E-state index is 0.128. The summed E-state index contributed by atoms with van der Waals surface area (Å²) >= 11 is 1.60. The molecule has 0 aliphatic heterocycles. The van der Waals surface area contributed by atoms with E-state index in [-0.39, 0.29) is 18.0 Å². The van der Waals surface area contributed by atoms with Crippen LogP contribution in [0, 0.1) is 0 Å². The Hall–Kier alpha value is -3.00. The van der Waals surface area contributed by atoms with Gasteiger partial charge in [-0.05, 0) is 50.3 Å². The van der Waals surface area contributed by atoms with E-state index in [9.17, 15) is 9.59 Å². The monoisotopic (exact) mass is 410 g/mol. The number of aryl methyl sites for hydroxylation is 2. The number of ether oxygens (including phenoxy) is 1. The molecule has 0 saturated carbocycles. The zero-order valence-corrected chi connectivity index (χ0v) is 17.0. The van der Waals surface area contributed by atoms with Gasteiger partial charge in [0.25, 0.3) is 11.5 Å². The van der Waals surface area contributed by atoms with E-state index in [1.165, 1.54) is 22.0 Å². The normalized spacial score (nSPS) is 13.6. The van der Waals surface area contributed by atoms with Crippen LogP contribution in [0.4, 0.5) is 0 Å². The second-order valence-corrected chi connectivity index (χ2v) is 7.92. The second-order valence-electron chi connectivity index (χ2n) is 6.83. The molecule has 29 heavy (non-hydrogen) atoms. The van der Waals surface area contributed by atoms with Gasteiger partial charge in [0.2, 0.25) is 0 Å². The summed E-state index contributed by atoms with van der Waals surface area (Å²) in [7, 11) is 0. The molecule has 0 unspecified atom stereocenters. The Kier molecular flexibility index (Phi) is 5.71. The number of para-hydroxylation sites is 1. The van der Waals surface area contributed by atoms with Crippen molar-refractivity contribution < 1.29 is 9.53 Å². The van der Waals surface area contributed by atoms with Crippen LogP contribution in [0.1, 0.15) is 35.8 Å². The number of fused-ring (bicyclic) bond motifs is 3. The first-order valence-electron chi connectivity index (χ1n) is 9.70. The Balaban J connectivity index is 1.48. The minimum Gasteiger partial charge on any atom is -0.493 e. The summed E-state index contributed by atoms with van der Waals surface area (Å²) in [6.45, 7) is 2.32. The predicted molar refractivity (Wildman–Crippen MR) is 114 cm³/mol. The summed E-state index contributed by atoms with van der Waals surface area (Å²) in [6, 6.07) is 7.44. The molecule has 3 aromatic rings. The van der Waals surface area contributed by atoms with Crippen LogP contribution in [0.15, 0.2) is 40.5 Å². The summed E-state index contributed by atoms with van der Waals surface area (Å²) in [5.74, 6) is 0.309. The number of aromatic nitrogens is 2. The van der Waals surface area contributed by atoms with Crippen molar-refractivity contribution in [3.05, 3.63) is 57.0 Å². The Morgan fingerprint density at radius 1 is 1.34 bits per heavy atom. The SMILES string of the molecule is CCOc1ccccc1C=NNC(=O)Cn1cnc2sc3c(c2c1=O)CCCC3. The number of amides is 1. The standard InChI is InChI=1S/C21H22N4O3S/c1-2-28-16-9-5-3-7-14(16)11-23-24-18(26)12-25-13-22-20-19(21(25)27)15-8-4-6-10-17(15)29-20/h3,5,7,9,11,13H,2,4,6,8,10,12H2,1H3,(H,24,26). The predicted octanol–water partition coefficient (Wildman–Crippen LogP) is 2.89. The first-order valence-corrected chi connectivity index (χ1v) is 10.5. The van der Waals surface area contributed by atoms with Gasteiger partial charge in [0.15, 0.2) is 0 Å². The van der Waals surface area contributed by atoms with Crippen molar-refractivity contribution in [2.75, 3.05) is 6.61 Å². The average molecular weight is 410 g/mol. The molecule has 1 amide bonds. The smallest absolute Gasteiger partial charge is 0.262 e. The van der Waals surface area contributed by atoms with Gasteiger partial charge in [0, 0.05) is 10.4 Å². The molecule has 0 spiro atoms. The van der Waals surface area contributed by atoms with Crippen LogP contribution in [0.5, 0.6) is 5.75 Å². The van der Waals surface area contributed by atoms with E-state index in [4.69, 9.17) is 4.74 Å². The lowest BCUT2D eigenvalue weighted by Gasteiger charge is -2.10. The average Bonchev–Trinajstić information content (AvgIpc) is 3.11. The lowest BCUT2D eigenvalue weighted by molar-refractivity contribution is -0.121. The van der Waals surface area contributed by atoms with E-state index in [2.05, 4.69) is 15.5 Å². The fraction of sp³-hybridized carbons (Fsp3) is 0.333. The molecule has 0 radical (unpaired) electrons. The van der Waals surface area contributed by atoms with Gasteiger partial charge in [-0.1, -0.05) is 12.1 Å². The fourth-order valence-electron chi connectivity index (χ4n) is 3.53. The van der Waals surface area contributed by atoms with Crippen LogP contribution in [-0.2, 0) is 24.2 Å². The molecule has 7 nitrogen and oxygen atoms in total. The van der Waals surface area contributed by atoms with Crippen LogP contribution < -0.4 is 15.7 Å². The first-order chi connectivity index (χ1) is 14.2. The van der Waals surface area contributed by atoms with E-state index >= 15 is 0 Å². The molecule has 150 valence electrons. The molecule has 4 rings (SSSR count). The third kappa shape index (κ3) is 4.07. The number of rotatable bonds is 6. The molecule has 8 heteroatoms. The number of nitrogens with zero attached hydrogens (tertiary/aromatic N) is 3. The highest BCUT2D eigenvalue weighted by Gasteiger charge is 2.20. The number of hydrogen-bond donors (Lipinski definition) is 1. The molecule has 1 aromatic carbocycles. The zero-order valence-electron chi connectivity index (χ0n) is 16.2. The Morgan fingerprint density at radius 2 is 2.17 bits per heavy atom. The zero-order chi connectivity index (χ0) is 20.2.